The van der Waals surface area contributed by atoms with Gasteiger partial charge in [-0.2, -0.15) is 4.98 Å². The third-order valence-electron chi connectivity index (χ3n) is 3.29. The van der Waals surface area contributed by atoms with Gasteiger partial charge in [0, 0.05) is 25.3 Å². The molecule has 1 aromatic carbocycles. The zero-order valence-electron chi connectivity index (χ0n) is 13.5. The van der Waals surface area contributed by atoms with Crippen LogP contribution in [-0.2, 0) is 4.74 Å². The third-order valence-corrected chi connectivity index (χ3v) is 3.89. The molecule has 0 fully saturated rings. The Hall–Kier alpha value is -2.05. The van der Waals surface area contributed by atoms with Crippen LogP contribution in [0.2, 0.25) is 5.02 Å². The highest BCUT2D eigenvalue weighted by atomic mass is 35.5. The van der Waals surface area contributed by atoms with Crippen molar-refractivity contribution in [2.24, 2.45) is 0 Å². The number of halogens is 1. The molecule has 0 radical (unpaired) electrons. The van der Waals surface area contributed by atoms with Crippen LogP contribution in [0.25, 0.3) is 0 Å². The van der Waals surface area contributed by atoms with Crippen molar-refractivity contribution in [3.05, 3.63) is 34.6 Å². The molecule has 0 aliphatic heterocycles. The maximum absolute atomic E-state index is 6.17. The fraction of sp³-hybridized carbons (Fsp3) is 0.375. The lowest BCUT2D eigenvalue weighted by Crippen LogP contribution is -2.09. The van der Waals surface area contributed by atoms with E-state index >= 15 is 0 Å². The molecule has 0 bridgehead atoms. The third kappa shape index (κ3) is 4.46. The van der Waals surface area contributed by atoms with Crippen molar-refractivity contribution in [1.82, 2.24) is 9.97 Å². The highest BCUT2D eigenvalue weighted by molar-refractivity contribution is 6.32. The maximum atomic E-state index is 6.17. The van der Waals surface area contributed by atoms with Gasteiger partial charge >= 0.3 is 0 Å². The highest BCUT2D eigenvalue weighted by Gasteiger charge is 2.11. The van der Waals surface area contributed by atoms with E-state index in [1.807, 2.05) is 26.0 Å². The lowest BCUT2D eigenvalue weighted by atomic mass is 10.1. The van der Waals surface area contributed by atoms with Gasteiger partial charge in [0.05, 0.1) is 0 Å². The van der Waals surface area contributed by atoms with E-state index in [4.69, 9.17) is 26.8 Å². The summed E-state index contributed by atoms with van der Waals surface area (Å²) >= 11 is 6.17. The molecule has 2 aromatic rings. The topological polar surface area (TPSA) is 82.3 Å². The van der Waals surface area contributed by atoms with Crippen LogP contribution in [0.5, 0.6) is 11.6 Å². The summed E-state index contributed by atoms with van der Waals surface area (Å²) in [5.41, 5.74) is 8.33. The molecule has 0 spiro atoms. The number of nitrogens with one attached hydrogen (secondary N) is 1. The van der Waals surface area contributed by atoms with Gasteiger partial charge in [0.15, 0.2) is 5.82 Å². The first kappa shape index (κ1) is 17.3. The summed E-state index contributed by atoms with van der Waals surface area (Å²) in [7, 11) is 1.67. The lowest BCUT2D eigenvalue weighted by Gasteiger charge is -2.13. The standard InChI is InChI=1S/C16H21ClN4O2/c1-10-7-12(8-11(2)13(10)17)23-16-14(18)15(20-9-21-16)19-5-4-6-22-3/h7-9H,4-6,18H2,1-3H3,(H,19,20,21). The average molecular weight is 337 g/mol. The summed E-state index contributed by atoms with van der Waals surface area (Å²) in [5.74, 6) is 1.50. The van der Waals surface area contributed by atoms with Crippen LogP contribution in [0.4, 0.5) is 11.5 Å². The summed E-state index contributed by atoms with van der Waals surface area (Å²) in [5, 5.41) is 3.88. The molecule has 23 heavy (non-hydrogen) atoms. The van der Waals surface area contributed by atoms with E-state index in [-0.39, 0.29) is 0 Å². The largest absolute Gasteiger partial charge is 0.437 e. The fourth-order valence-electron chi connectivity index (χ4n) is 2.10. The minimum atomic E-state index is 0.315. The van der Waals surface area contributed by atoms with Crippen molar-refractivity contribution in [3.8, 4) is 11.6 Å². The Kier molecular flexibility index (Phi) is 6.01. The summed E-state index contributed by atoms with van der Waals surface area (Å²) in [6.45, 7) is 5.22. The van der Waals surface area contributed by atoms with Crippen LogP contribution in [0.3, 0.4) is 0 Å². The van der Waals surface area contributed by atoms with Crippen LogP contribution < -0.4 is 15.8 Å². The van der Waals surface area contributed by atoms with Gasteiger partial charge in [0.1, 0.15) is 17.8 Å². The SMILES string of the molecule is COCCCNc1ncnc(Oc2cc(C)c(Cl)c(C)c2)c1N. The number of hydrogen-bond donors (Lipinski definition) is 2. The normalized spacial score (nSPS) is 10.6. The molecule has 0 amide bonds. The van der Waals surface area contributed by atoms with Crippen molar-refractivity contribution in [2.75, 3.05) is 31.3 Å². The number of hydrogen-bond acceptors (Lipinski definition) is 6. The van der Waals surface area contributed by atoms with Gasteiger partial charge in [-0.3, -0.25) is 0 Å². The van der Waals surface area contributed by atoms with Crippen LogP contribution in [0, 0.1) is 13.8 Å². The minimum absolute atomic E-state index is 0.315. The number of nitrogens with zero attached hydrogens (tertiary/aromatic N) is 2. The second-order valence-electron chi connectivity index (χ2n) is 5.19. The molecule has 0 atom stereocenters. The molecular formula is C16H21ClN4O2. The predicted molar refractivity (Wildman–Crippen MR) is 92.4 cm³/mol. The molecule has 2 rings (SSSR count). The minimum Gasteiger partial charge on any atom is -0.437 e. The zero-order chi connectivity index (χ0) is 16.8. The summed E-state index contributed by atoms with van der Waals surface area (Å²) in [6, 6.07) is 3.70. The van der Waals surface area contributed by atoms with Gasteiger partial charge in [-0.25, -0.2) is 4.98 Å². The number of nitrogen functional groups attached to an aromatic ring is 1. The van der Waals surface area contributed by atoms with Gasteiger partial charge in [0.25, 0.3) is 0 Å². The number of nitrogens with two attached hydrogens (primary N) is 1. The Morgan fingerprint density at radius 3 is 2.57 bits per heavy atom. The lowest BCUT2D eigenvalue weighted by molar-refractivity contribution is 0.198. The number of ether oxygens (including phenoxy) is 2. The summed E-state index contributed by atoms with van der Waals surface area (Å²) in [6.07, 6.45) is 2.27. The fourth-order valence-corrected chi connectivity index (χ4v) is 2.21. The Balaban J connectivity index is 2.14. The molecule has 0 saturated carbocycles. The van der Waals surface area contributed by atoms with Crippen molar-refractivity contribution < 1.29 is 9.47 Å². The maximum Gasteiger partial charge on any atom is 0.248 e. The molecule has 0 aliphatic carbocycles. The van der Waals surface area contributed by atoms with Gasteiger partial charge < -0.3 is 20.5 Å². The molecule has 7 heteroatoms. The summed E-state index contributed by atoms with van der Waals surface area (Å²) in [4.78, 5) is 8.24. The van der Waals surface area contributed by atoms with E-state index in [0.29, 0.717) is 36.3 Å². The first-order chi connectivity index (χ1) is 11.0. The second kappa shape index (κ2) is 7.99. The van der Waals surface area contributed by atoms with Crippen molar-refractivity contribution in [2.45, 2.75) is 20.3 Å². The predicted octanol–water partition coefficient (Wildman–Crippen LogP) is 3.57. The monoisotopic (exact) mass is 336 g/mol. The Labute approximate surface area is 141 Å². The van der Waals surface area contributed by atoms with E-state index in [0.717, 1.165) is 22.6 Å². The first-order valence-corrected chi connectivity index (χ1v) is 7.68. The molecule has 1 heterocycles. The van der Waals surface area contributed by atoms with E-state index in [2.05, 4.69) is 15.3 Å². The Bertz CT molecular complexity index is 656. The number of aryl methyl sites for hydroxylation is 2. The van der Waals surface area contributed by atoms with Gasteiger partial charge in [-0.05, 0) is 43.5 Å². The molecule has 124 valence electrons. The molecule has 0 aliphatic rings. The van der Waals surface area contributed by atoms with Crippen LogP contribution in [0.1, 0.15) is 17.5 Å². The molecule has 0 unspecified atom stereocenters. The average Bonchev–Trinajstić information content (AvgIpc) is 2.52. The number of rotatable bonds is 7. The van der Waals surface area contributed by atoms with Crippen LogP contribution in [0.15, 0.2) is 18.5 Å². The van der Waals surface area contributed by atoms with Crippen molar-refractivity contribution >= 4 is 23.1 Å². The van der Waals surface area contributed by atoms with E-state index < -0.39 is 0 Å². The molecular weight excluding hydrogens is 316 g/mol. The molecule has 1 aromatic heterocycles. The highest BCUT2D eigenvalue weighted by Crippen LogP contribution is 2.32. The number of benzene rings is 1. The quantitative estimate of drug-likeness (QED) is 0.752. The smallest absolute Gasteiger partial charge is 0.248 e. The molecule has 0 saturated heterocycles. The molecule has 3 N–H and O–H groups in total. The summed E-state index contributed by atoms with van der Waals surface area (Å²) < 4.78 is 10.8. The van der Waals surface area contributed by atoms with Crippen LogP contribution in [-0.4, -0.2) is 30.2 Å². The van der Waals surface area contributed by atoms with Gasteiger partial charge in [0.2, 0.25) is 5.88 Å². The zero-order valence-corrected chi connectivity index (χ0v) is 14.3. The first-order valence-electron chi connectivity index (χ1n) is 7.30. The Morgan fingerprint density at radius 1 is 1.22 bits per heavy atom. The van der Waals surface area contributed by atoms with Crippen molar-refractivity contribution in [1.29, 1.82) is 0 Å². The number of anilines is 2. The van der Waals surface area contributed by atoms with Gasteiger partial charge in [-0.1, -0.05) is 11.6 Å². The number of aromatic nitrogens is 2. The molecule has 6 nitrogen and oxygen atoms in total. The Morgan fingerprint density at radius 2 is 1.91 bits per heavy atom. The van der Waals surface area contributed by atoms with Crippen molar-refractivity contribution in [3.63, 3.8) is 0 Å². The second-order valence-corrected chi connectivity index (χ2v) is 5.57. The van der Waals surface area contributed by atoms with E-state index in [9.17, 15) is 0 Å². The van der Waals surface area contributed by atoms with E-state index in [1.54, 1.807) is 7.11 Å². The van der Waals surface area contributed by atoms with E-state index in [1.165, 1.54) is 6.33 Å². The number of methoxy groups -OCH3 is 1. The van der Waals surface area contributed by atoms with Gasteiger partial charge in [-0.15, -0.1) is 0 Å². The van der Waals surface area contributed by atoms with Crippen LogP contribution >= 0.6 is 11.6 Å².